The van der Waals surface area contributed by atoms with Gasteiger partial charge in [-0.2, -0.15) is 0 Å². The van der Waals surface area contributed by atoms with Crippen LogP contribution >= 0.6 is 0 Å². The van der Waals surface area contributed by atoms with Crippen LogP contribution in [-0.2, 0) is 0 Å². The molecule has 13 heavy (non-hydrogen) atoms. The summed E-state index contributed by atoms with van der Waals surface area (Å²) < 4.78 is 13.2. The first-order chi connectivity index (χ1) is 6.36. The van der Waals surface area contributed by atoms with Gasteiger partial charge in [0.1, 0.15) is 0 Å². The predicted molar refractivity (Wildman–Crippen MR) is 51.0 cm³/mol. The first-order valence-electron chi connectivity index (χ1n) is 5.49. The van der Waals surface area contributed by atoms with Gasteiger partial charge in [0.2, 0.25) is 0 Å². The Morgan fingerprint density at radius 2 is 2.00 bits per heavy atom. The van der Waals surface area contributed by atoms with Crippen molar-refractivity contribution in [3.05, 3.63) is 0 Å². The number of rotatable bonds is 2. The molecule has 0 aliphatic carbocycles. The molecule has 2 rings (SSSR count). The number of halogens is 1. The summed E-state index contributed by atoms with van der Waals surface area (Å²) >= 11 is 0. The SMILES string of the molecule is FN1CCC[C@H]1CC1CCNCC1. The molecule has 2 saturated heterocycles. The van der Waals surface area contributed by atoms with Crippen LogP contribution < -0.4 is 5.32 Å². The molecule has 3 heteroatoms. The van der Waals surface area contributed by atoms with Crippen LogP contribution in [-0.4, -0.2) is 30.8 Å². The number of hydrogen-bond acceptors (Lipinski definition) is 2. The fraction of sp³-hybridized carbons (Fsp3) is 1.00. The van der Waals surface area contributed by atoms with Gasteiger partial charge in [-0.3, -0.25) is 0 Å². The third-order valence-electron chi connectivity index (χ3n) is 3.37. The molecule has 0 radical (unpaired) electrons. The highest BCUT2D eigenvalue weighted by Gasteiger charge is 2.27. The quantitative estimate of drug-likeness (QED) is 0.661. The summed E-state index contributed by atoms with van der Waals surface area (Å²) in [4.78, 5) is 0. The zero-order valence-electron chi connectivity index (χ0n) is 8.14. The molecule has 2 aliphatic rings. The van der Waals surface area contributed by atoms with Crippen molar-refractivity contribution in [1.82, 2.24) is 10.4 Å². The van der Waals surface area contributed by atoms with Crippen LogP contribution in [0.1, 0.15) is 32.1 Å². The maximum absolute atomic E-state index is 13.2. The number of nitrogens with one attached hydrogen (secondary N) is 1. The van der Waals surface area contributed by atoms with Crippen LogP contribution in [0.3, 0.4) is 0 Å². The van der Waals surface area contributed by atoms with E-state index < -0.39 is 0 Å². The van der Waals surface area contributed by atoms with E-state index in [0.717, 1.165) is 43.4 Å². The molecule has 0 spiro atoms. The third-order valence-corrected chi connectivity index (χ3v) is 3.37. The van der Waals surface area contributed by atoms with Gasteiger partial charge in [0.15, 0.2) is 0 Å². The Balaban J connectivity index is 1.75. The van der Waals surface area contributed by atoms with E-state index in [-0.39, 0.29) is 6.04 Å². The fourth-order valence-corrected chi connectivity index (χ4v) is 2.54. The van der Waals surface area contributed by atoms with Gasteiger partial charge in [0.05, 0.1) is 0 Å². The van der Waals surface area contributed by atoms with Crippen molar-refractivity contribution in [3.8, 4) is 0 Å². The fourth-order valence-electron chi connectivity index (χ4n) is 2.54. The van der Waals surface area contributed by atoms with Crippen LogP contribution in [0.25, 0.3) is 0 Å². The Bertz CT molecular complexity index is 157. The normalized spacial score (nSPS) is 32.5. The summed E-state index contributed by atoms with van der Waals surface area (Å²) in [7, 11) is 0. The van der Waals surface area contributed by atoms with Gasteiger partial charge in [-0.25, -0.2) is 0 Å². The molecule has 0 saturated carbocycles. The lowest BCUT2D eigenvalue weighted by molar-refractivity contribution is 0.0000743. The largest absolute Gasteiger partial charge is 0.317 e. The van der Waals surface area contributed by atoms with E-state index in [2.05, 4.69) is 5.32 Å². The lowest BCUT2D eigenvalue weighted by Crippen LogP contribution is -2.31. The van der Waals surface area contributed by atoms with Gasteiger partial charge >= 0.3 is 0 Å². The zero-order valence-corrected chi connectivity index (χ0v) is 8.14. The Morgan fingerprint density at radius 3 is 2.62 bits per heavy atom. The Hall–Kier alpha value is -0.150. The third kappa shape index (κ3) is 2.41. The summed E-state index contributed by atoms with van der Waals surface area (Å²) in [6.07, 6.45) is 5.68. The van der Waals surface area contributed by atoms with E-state index >= 15 is 0 Å². The Kier molecular flexibility index (Phi) is 3.17. The highest BCUT2D eigenvalue weighted by molar-refractivity contribution is 4.79. The van der Waals surface area contributed by atoms with Gasteiger partial charge in [0.25, 0.3) is 0 Å². The molecule has 0 amide bonds. The second-order valence-electron chi connectivity index (χ2n) is 4.35. The van der Waals surface area contributed by atoms with Crippen LogP contribution in [0, 0.1) is 5.92 Å². The van der Waals surface area contributed by atoms with E-state index in [1.165, 1.54) is 12.8 Å². The monoisotopic (exact) mass is 186 g/mol. The molecule has 2 heterocycles. The Labute approximate surface area is 79.4 Å². The minimum absolute atomic E-state index is 0.239. The average molecular weight is 186 g/mol. The van der Waals surface area contributed by atoms with Gasteiger partial charge < -0.3 is 5.32 Å². The molecular formula is C10H19FN2. The number of hydrogen-bond donors (Lipinski definition) is 1. The van der Waals surface area contributed by atoms with E-state index in [9.17, 15) is 4.48 Å². The lowest BCUT2D eigenvalue weighted by atomic mass is 9.90. The van der Waals surface area contributed by atoms with Crippen molar-refractivity contribution < 1.29 is 4.48 Å². The van der Waals surface area contributed by atoms with Crippen LogP contribution in [0.5, 0.6) is 0 Å². The van der Waals surface area contributed by atoms with Crippen molar-refractivity contribution in [3.63, 3.8) is 0 Å². The van der Waals surface area contributed by atoms with Crippen LogP contribution in [0.4, 0.5) is 4.48 Å². The summed E-state index contributed by atoms with van der Waals surface area (Å²) in [6, 6.07) is 0.239. The van der Waals surface area contributed by atoms with E-state index in [1.54, 1.807) is 0 Å². The number of nitrogens with zero attached hydrogens (tertiary/aromatic N) is 1. The van der Waals surface area contributed by atoms with E-state index in [4.69, 9.17) is 0 Å². The van der Waals surface area contributed by atoms with Crippen molar-refractivity contribution in [2.45, 2.75) is 38.1 Å². The minimum Gasteiger partial charge on any atom is -0.317 e. The molecule has 2 nitrogen and oxygen atoms in total. The van der Waals surface area contributed by atoms with Gasteiger partial charge in [-0.15, -0.1) is 9.60 Å². The minimum atomic E-state index is 0.239. The predicted octanol–water partition coefficient (Wildman–Crippen LogP) is 1.73. The van der Waals surface area contributed by atoms with E-state index in [0.29, 0.717) is 6.54 Å². The molecule has 0 bridgehead atoms. The molecule has 0 aromatic heterocycles. The zero-order chi connectivity index (χ0) is 9.10. The smallest absolute Gasteiger partial charge is 0.0405 e. The summed E-state index contributed by atoms with van der Waals surface area (Å²) in [6.45, 7) is 2.92. The van der Waals surface area contributed by atoms with Crippen molar-refractivity contribution in [2.24, 2.45) is 5.92 Å². The van der Waals surface area contributed by atoms with Crippen LogP contribution in [0.2, 0.25) is 0 Å². The van der Waals surface area contributed by atoms with E-state index in [1.807, 2.05) is 0 Å². The number of piperidine rings is 1. The summed E-state index contributed by atoms with van der Waals surface area (Å²) in [5, 5.41) is 4.40. The molecular weight excluding hydrogens is 167 g/mol. The molecule has 1 atom stereocenters. The maximum atomic E-state index is 13.2. The molecule has 0 aromatic rings. The van der Waals surface area contributed by atoms with Gasteiger partial charge in [-0.05, 0) is 51.1 Å². The summed E-state index contributed by atoms with van der Waals surface area (Å²) in [5.41, 5.74) is 0. The average Bonchev–Trinajstić information content (AvgIpc) is 2.54. The van der Waals surface area contributed by atoms with Gasteiger partial charge in [-0.1, -0.05) is 0 Å². The first kappa shape index (κ1) is 9.41. The Morgan fingerprint density at radius 1 is 1.23 bits per heavy atom. The molecule has 76 valence electrons. The first-order valence-corrected chi connectivity index (χ1v) is 5.49. The second kappa shape index (κ2) is 4.38. The molecule has 2 aliphatic heterocycles. The van der Waals surface area contributed by atoms with Crippen molar-refractivity contribution in [2.75, 3.05) is 19.6 Å². The van der Waals surface area contributed by atoms with Gasteiger partial charge in [0, 0.05) is 12.6 Å². The second-order valence-corrected chi connectivity index (χ2v) is 4.35. The lowest BCUT2D eigenvalue weighted by Gasteiger charge is -2.26. The molecule has 1 N–H and O–H groups in total. The van der Waals surface area contributed by atoms with Crippen molar-refractivity contribution in [1.29, 1.82) is 0 Å². The highest BCUT2D eigenvalue weighted by Crippen LogP contribution is 2.27. The standard InChI is InChI=1S/C10H19FN2/c11-13-7-1-2-10(13)8-9-3-5-12-6-4-9/h9-10,12H,1-8H2/t10-/m0/s1. The summed E-state index contributed by atoms with van der Waals surface area (Å²) in [5.74, 6) is 0.766. The highest BCUT2D eigenvalue weighted by atomic mass is 19.2. The topological polar surface area (TPSA) is 15.3 Å². The molecule has 0 aromatic carbocycles. The molecule has 0 unspecified atom stereocenters. The van der Waals surface area contributed by atoms with Crippen LogP contribution in [0.15, 0.2) is 0 Å². The maximum Gasteiger partial charge on any atom is 0.0405 e. The molecule has 2 fully saturated rings. The van der Waals surface area contributed by atoms with Crippen molar-refractivity contribution >= 4 is 0 Å².